The van der Waals surface area contributed by atoms with Crippen LogP contribution in [0.1, 0.15) is 18.2 Å². The van der Waals surface area contributed by atoms with E-state index in [0.29, 0.717) is 18.1 Å². The zero-order chi connectivity index (χ0) is 23.8. The molecule has 0 aliphatic carbocycles. The topological polar surface area (TPSA) is 80.7 Å². The number of aliphatic hydroxyl groups excluding tert-OH is 1. The van der Waals surface area contributed by atoms with Gasteiger partial charge in [-0.05, 0) is 37.3 Å². The maximum absolute atomic E-state index is 12.7. The number of amides is 1. The van der Waals surface area contributed by atoms with Crippen molar-refractivity contribution in [3.05, 3.63) is 65.2 Å². The number of hydrogen-bond donors (Lipinski definition) is 2. The summed E-state index contributed by atoms with van der Waals surface area (Å²) >= 11 is 1.40. The first-order chi connectivity index (χ1) is 15.8. The standard InChI is InChI=1S/C23H23F3N2O4S/c1-2-31-20-9-4-3-8-19(20)22-28-16(14-33-22)11-21(30)27-12-17(29)13-32-18-7-5-6-15(10-18)23(24,25)26/h3-10,14,17,29H,2,11-13H2,1H3,(H,27,30). The SMILES string of the molecule is CCOc1ccccc1-c1nc(CC(=O)NCC(O)COc2cccc(C(F)(F)F)c2)cs1. The molecule has 33 heavy (non-hydrogen) atoms. The van der Waals surface area contributed by atoms with Gasteiger partial charge in [-0.25, -0.2) is 4.98 Å². The number of benzene rings is 2. The van der Waals surface area contributed by atoms with Crippen molar-refractivity contribution in [2.45, 2.75) is 25.6 Å². The molecule has 10 heteroatoms. The van der Waals surface area contributed by atoms with Gasteiger partial charge in [0, 0.05) is 11.9 Å². The molecule has 1 unspecified atom stereocenters. The van der Waals surface area contributed by atoms with E-state index in [-0.39, 0.29) is 31.2 Å². The molecule has 176 valence electrons. The van der Waals surface area contributed by atoms with E-state index in [4.69, 9.17) is 9.47 Å². The summed E-state index contributed by atoms with van der Waals surface area (Å²) in [6.07, 6.45) is -5.55. The lowest BCUT2D eigenvalue weighted by molar-refractivity contribution is -0.137. The highest BCUT2D eigenvalue weighted by Crippen LogP contribution is 2.32. The Morgan fingerprint density at radius 2 is 1.97 bits per heavy atom. The van der Waals surface area contributed by atoms with Crippen LogP contribution >= 0.6 is 11.3 Å². The van der Waals surface area contributed by atoms with Crippen molar-refractivity contribution >= 4 is 17.2 Å². The minimum Gasteiger partial charge on any atom is -0.493 e. The number of ether oxygens (including phenoxy) is 2. The zero-order valence-corrected chi connectivity index (χ0v) is 18.6. The first kappa shape index (κ1) is 24.5. The Balaban J connectivity index is 1.47. The molecule has 2 N–H and O–H groups in total. The van der Waals surface area contributed by atoms with Crippen molar-refractivity contribution < 1.29 is 32.5 Å². The molecular weight excluding hydrogens is 457 g/mol. The summed E-state index contributed by atoms with van der Waals surface area (Å²) in [5, 5.41) is 15.1. The average Bonchev–Trinajstić information content (AvgIpc) is 3.24. The van der Waals surface area contributed by atoms with E-state index in [0.717, 1.165) is 22.7 Å². The number of nitrogens with zero attached hydrogens (tertiary/aromatic N) is 1. The first-order valence-electron chi connectivity index (χ1n) is 10.2. The van der Waals surface area contributed by atoms with Gasteiger partial charge in [-0.1, -0.05) is 18.2 Å². The quantitative estimate of drug-likeness (QED) is 0.452. The molecule has 0 spiro atoms. The third-order valence-electron chi connectivity index (χ3n) is 4.45. The average molecular weight is 481 g/mol. The van der Waals surface area contributed by atoms with Gasteiger partial charge in [0.1, 0.15) is 29.2 Å². The van der Waals surface area contributed by atoms with E-state index in [1.807, 2.05) is 31.2 Å². The highest BCUT2D eigenvalue weighted by Gasteiger charge is 2.30. The Morgan fingerprint density at radius 3 is 2.73 bits per heavy atom. The second-order valence-electron chi connectivity index (χ2n) is 7.04. The van der Waals surface area contributed by atoms with Crippen LogP contribution in [0.3, 0.4) is 0 Å². The predicted molar refractivity (Wildman–Crippen MR) is 118 cm³/mol. The Labute approximate surface area is 193 Å². The van der Waals surface area contributed by atoms with Crippen molar-refractivity contribution in [1.29, 1.82) is 0 Å². The second-order valence-corrected chi connectivity index (χ2v) is 7.90. The smallest absolute Gasteiger partial charge is 0.416 e. The summed E-state index contributed by atoms with van der Waals surface area (Å²) in [5.41, 5.74) is 0.584. The van der Waals surface area contributed by atoms with Crippen molar-refractivity contribution in [2.75, 3.05) is 19.8 Å². The molecule has 1 aromatic heterocycles. The van der Waals surface area contributed by atoms with E-state index in [2.05, 4.69) is 10.3 Å². The second kappa shape index (κ2) is 11.2. The summed E-state index contributed by atoms with van der Waals surface area (Å²) in [7, 11) is 0. The maximum atomic E-state index is 12.7. The molecule has 0 aliphatic heterocycles. The molecule has 6 nitrogen and oxygen atoms in total. The molecule has 0 aliphatic rings. The molecule has 3 rings (SSSR count). The van der Waals surface area contributed by atoms with Crippen LogP contribution in [0.4, 0.5) is 13.2 Å². The van der Waals surface area contributed by atoms with Gasteiger partial charge in [-0.2, -0.15) is 13.2 Å². The number of aliphatic hydroxyl groups is 1. The molecular formula is C23H23F3N2O4S. The largest absolute Gasteiger partial charge is 0.493 e. The van der Waals surface area contributed by atoms with E-state index < -0.39 is 17.8 Å². The number of hydrogen-bond acceptors (Lipinski definition) is 6. The maximum Gasteiger partial charge on any atom is 0.416 e. The summed E-state index contributed by atoms with van der Waals surface area (Å²) < 4.78 is 49.1. The minimum absolute atomic E-state index is 0.0162. The van der Waals surface area contributed by atoms with E-state index in [1.54, 1.807) is 5.38 Å². The lowest BCUT2D eigenvalue weighted by atomic mass is 10.2. The fraction of sp³-hybridized carbons (Fsp3) is 0.304. The van der Waals surface area contributed by atoms with E-state index in [9.17, 15) is 23.1 Å². The van der Waals surface area contributed by atoms with Crippen LogP contribution in [0.5, 0.6) is 11.5 Å². The van der Waals surface area contributed by atoms with Crippen LogP contribution in [-0.4, -0.2) is 41.9 Å². The molecule has 0 fully saturated rings. The third-order valence-corrected chi connectivity index (χ3v) is 5.37. The number of thiazole rings is 1. The van der Waals surface area contributed by atoms with Crippen LogP contribution in [0.2, 0.25) is 0 Å². The van der Waals surface area contributed by atoms with Crippen molar-refractivity contribution in [2.24, 2.45) is 0 Å². The van der Waals surface area contributed by atoms with Gasteiger partial charge < -0.3 is 19.9 Å². The molecule has 2 aromatic carbocycles. The zero-order valence-electron chi connectivity index (χ0n) is 17.8. The van der Waals surface area contributed by atoms with Crippen molar-refractivity contribution in [3.63, 3.8) is 0 Å². The highest BCUT2D eigenvalue weighted by molar-refractivity contribution is 7.13. The van der Waals surface area contributed by atoms with Crippen LogP contribution in [0.25, 0.3) is 10.6 Å². The third kappa shape index (κ3) is 7.19. The fourth-order valence-electron chi connectivity index (χ4n) is 2.91. The summed E-state index contributed by atoms with van der Waals surface area (Å²) in [4.78, 5) is 16.7. The number of carbonyl (C=O) groups is 1. The molecule has 1 amide bonds. The number of nitrogens with one attached hydrogen (secondary N) is 1. The first-order valence-corrected chi connectivity index (χ1v) is 11.1. The lowest BCUT2D eigenvalue weighted by Gasteiger charge is -2.14. The molecule has 1 atom stereocenters. The van der Waals surface area contributed by atoms with Gasteiger partial charge >= 0.3 is 6.18 Å². The molecule has 0 saturated heterocycles. The van der Waals surface area contributed by atoms with Crippen LogP contribution in [0, 0.1) is 0 Å². The van der Waals surface area contributed by atoms with Gasteiger partial charge in [0.05, 0.1) is 29.8 Å². The summed E-state index contributed by atoms with van der Waals surface area (Å²) in [6, 6.07) is 11.9. The van der Waals surface area contributed by atoms with Gasteiger partial charge in [-0.15, -0.1) is 11.3 Å². The number of para-hydroxylation sites is 1. The molecule has 3 aromatic rings. The lowest BCUT2D eigenvalue weighted by Crippen LogP contribution is -2.36. The van der Waals surface area contributed by atoms with Crippen LogP contribution in [0.15, 0.2) is 53.9 Å². The van der Waals surface area contributed by atoms with E-state index in [1.165, 1.54) is 23.5 Å². The Morgan fingerprint density at radius 1 is 1.18 bits per heavy atom. The fourth-order valence-corrected chi connectivity index (χ4v) is 3.76. The Hall–Kier alpha value is -3.11. The van der Waals surface area contributed by atoms with Crippen LogP contribution in [-0.2, 0) is 17.4 Å². The summed E-state index contributed by atoms with van der Waals surface area (Å²) in [6.45, 7) is 2.05. The molecule has 0 radical (unpaired) electrons. The van der Waals surface area contributed by atoms with Gasteiger partial charge in [0.2, 0.25) is 5.91 Å². The van der Waals surface area contributed by atoms with Gasteiger partial charge in [0.15, 0.2) is 0 Å². The number of halogens is 3. The van der Waals surface area contributed by atoms with E-state index >= 15 is 0 Å². The molecule has 1 heterocycles. The van der Waals surface area contributed by atoms with Gasteiger partial charge in [-0.3, -0.25) is 4.79 Å². The van der Waals surface area contributed by atoms with Crippen molar-refractivity contribution in [3.8, 4) is 22.1 Å². The highest BCUT2D eigenvalue weighted by atomic mass is 32.1. The Bertz CT molecular complexity index is 1070. The number of rotatable bonds is 10. The predicted octanol–water partition coefficient (Wildman–Crippen LogP) is 4.33. The number of alkyl halides is 3. The number of aromatic nitrogens is 1. The normalized spacial score (nSPS) is 12.3. The summed E-state index contributed by atoms with van der Waals surface area (Å²) in [5.74, 6) is 0.356. The Kier molecular flexibility index (Phi) is 8.29. The van der Waals surface area contributed by atoms with Crippen molar-refractivity contribution in [1.82, 2.24) is 10.3 Å². The van der Waals surface area contributed by atoms with Crippen LogP contribution < -0.4 is 14.8 Å². The van der Waals surface area contributed by atoms with Gasteiger partial charge in [0.25, 0.3) is 0 Å². The number of carbonyl (C=O) groups excluding carboxylic acids is 1. The molecule has 0 saturated carbocycles. The minimum atomic E-state index is -4.48. The monoisotopic (exact) mass is 480 g/mol. The molecule has 0 bridgehead atoms.